The van der Waals surface area contributed by atoms with E-state index in [0.717, 1.165) is 24.0 Å². The molecule has 0 fully saturated rings. The Kier molecular flexibility index (Phi) is 9.85. The van der Waals surface area contributed by atoms with Crippen LogP contribution in [-0.4, -0.2) is 29.6 Å². The number of rotatable bonds is 9. The number of carboxylic acid groups (broad SMARTS) is 1. The van der Waals surface area contributed by atoms with Gasteiger partial charge < -0.3 is 15.7 Å². The van der Waals surface area contributed by atoms with Crippen LogP contribution in [-0.2, 0) is 11.3 Å². The summed E-state index contributed by atoms with van der Waals surface area (Å²) in [6, 6.07) is 19.3. The van der Waals surface area contributed by atoms with Gasteiger partial charge in [0.25, 0.3) is 5.91 Å². The fourth-order valence-electron chi connectivity index (χ4n) is 4.43. The quantitative estimate of drug-likeness (QED) is 0.242. The van der Waals surface area contributed by atoms with Gasteiger partial charge in [-0.2, -0.15) is 0 Å². The number of carbonyl (C=O) groups is 3. The molecule has 208 valence electrons. The SMILES string of the molecule is CC(CNC(=O)c1ccc(CN(C(=O)Nc2cc(Cl)cc(Cl)c2)c2ccc(C3=CCCCC3)cc2)cc1)C(=O)O. The lowest BCUT2D eigenvalue weighted by atomic mass is 9.93. The summed E-state index contributed by atoms with van der Waals surface area (Å²) >= 11 is 12.3. The van der Waals surface area contributed by atoms with E-state index in [-0.39, 0.29) is 25.0 Å². The number of nitrogens with zero attached hydrogens (tertiary/aromatic N) is 1. The number of carboxylic acids is 1. The van der Waals surface area contributed by atoms with Crippen LogP contribution in [0.1, 0.15) is 54.1 Å². The molecule has 4 rings (SSSR count). The summed E-state index contributed by atoms with van der Waals surface area (Å²) < 4.78 is 0. The van der Waals surface area contributed by atoms with E-state index in [9.17, 15) is 14.4 Å². The molecule has 0 radical (unpaired) electrons. The van der Waals surface area contributed by atoms with Gasteiger partial charge in [-0.1, -0.05) is 60.5 Å². The van der Waals surface area contributed by atoms with E-state index < -0.39 is 11.9 Å². The number of halogens is 2. The number of nitrogens with one attached hydrogen (secondary N) is 2. The highest BCUT2D eigenvalue weighted by Gasteiger charge is 2.19. The molecule has 0 saturated carbocycles. The number of hydrogen-bond donors (Lipinski definition) is 3. The van der Waals surface area contributed by atoms with Crippen molar-refractivity contribution < 1.29 is 19.5 Å². The Morgan fingerprint density at radius 1 is 0.950 bits per heavy atom. The van der Waals surface area contributed by atoms with Crippen LogP contribution in [0.25, 0.3) is 5.57 Å². The van der Waals surface area contributed by atoms with Crippen molar-refractivity contribution in [3.63, 3.8) is 0 Å². The van der Waals surface area contributed by atoms with Gasteiger partial charge in [-0.15, -0.1) is 0 Å². The Hall–Kier alpha value is -3.81. The first-order valence-corrected chi connectivity index (χ1v) is 13.9. The number of amides is 3. The highest BCUT2D eigenvalue weighted by atomic mass is 35.5. The molecule has 0 heterocycles. The van der Waals surface area contributed by atoms with Crippen LogP contribution in [0.15, 0.2) is 72.8 Å². The average Bonchev–Trinajstić information content (AvgIpc) is 2.94. The number of benzene rings is 3. The van der Waals surface area contributed by atoms with E-state index in [2.05, 4.69) is 16.7 Å². The van der Waals surface area contributed by atoms with E-state index in [1.54, 1.807) is 47.4 Å². The molecule has 0 spiro atoms. The molecule has 1 unspecified atom stereocenters. The molecule has 3 N–H and O–H groups in total. The molecule has 7 nitrogen and oxygen atoms in total. The van der Waals surface area contributed by atoms with Gasteiger partial charge in [0, 0.05) is 33.5 Å². The Balaban J connectivity index is 1.54. The van der Waals surface area contributed by atoms with Crippen molar-refractivity contribution in [1.82, 2.24) is 5.32 Å². The largest absolute Gasteiger partial charge is 0.481 e. The zero-order valence-corrected chi connectivity index (χ0v) is 23.6. The predicted molar refractivity (Wildman–Crippen MR) is 160 cm³/mol. The highest BCUT2D eigenvalue weighted by molar-refractivity contribution is 6.35. The maximum absolute atomic E-state index is 13.5. The van der Waals surface area contributed by atoms with Gasteiger partial charge in [0.1, 0.15) is 0 Å². The molecule has 0 saturated heterocycles. The van der Waals surface area contributed by atoms with Gasteiger partial charge in [-0.3, -0.25) is 14.5 Å². The molecule has 3 amide bonds. The Morgan fingerprint density at radius 2 is 1.62 bits per heavy atom. The number of anilines is 2. The third kappa shape index (κ3) is 7.87. The minimum Gasteiger partial charge on any atom is -0.481 e. The molecule has 9 heteroatoms. The van der Waals surface area contributed by atoms with Crippen molar-refractivity contribution in [2.75, 3.05) is 16.8 Å². The molecule has 3 aromatic rings. The first-order chi connectivity index (χ1) is 19.2. The molecule has 0 aromatic heterocycles. The third-order valence-corrected chi connectivity index (χ3v) is 7.18. The fraction of sp³-hybridized carbons (Fsp3) is 0.258. The van der Waals surface area contributed by atoms with Crippen molar-refractivity contribution in [2.24, 2.45) is 5.92 Å². The van der Waals surface area contributed by atoms with Crippen LogP contribution < -0.4 is 15.5 Å². The number of carbonyl (C=O) groups excluding carboxylic acids is 2. The van der Waals surface area contributed by atoms with E-state index in [1.807, 2.05) is 24.3 Å². The molecular formula is C31H31Cl2N3O4. The van der Waals surface area contributed by atoms with Crippen LogP contribution in [0.4, 0.5) is 16.2 Å². The zero-order valence-electron chi connectivity index (χ0n) is 22.1. The van der Waals surface area contributed by atoms with Crippen molar-refractivity contribution in [1.29, 1.82) is 0 Å². The summed E-state index contributed by atoms with van der Waals surface area (Å²) in [4.78, 5) is 38.6. The summed E-state index contributed by atoms with van der Waals surface area (Å²) in [5, 5.41) is 15.4. The first kappa shape index (κ1) is 29.2. The molecule has 1 atom stereocenters. The van der Waals surface area contributed by atoms with Gasteiger partial charge in [-0.25, -0.2) is 4.79 Å². The Labute approximate surface area is 243 Å². The van der Waals surface area contributed by atoms with Crippen molar-refractivity contribution in [2.45, 2.75) is 39.2 Å². The van der Waals surface area contributed by atoms with Gasteiger partial charge in [-0.05, 0) is 84.8 Å². The van der Waals surface area contributed by atoms with Crippen LogP contribution in [0.5, 0.6) is 0 Å². The number of aliphatic carboxylic acids is 1. The van der Waals surface area contributed by atoms with Crippen LogP contribution >= 0.6 is 23.2 Å². The Bertz CT molecular complexity index is 1380. The lowest BCUT2D eigenvalue weighted by Gasteiger charge is -2.24. The van der Waals surface area contributed by atoms with E-state index in [4.69, 9.17) is 28.3 Å². The fourth-order valence-corrected chi connectivity index (χ4v) is 4.96. The summed E-state index contributed by atoms with van der Waals surface area (Å²) in [7, 11) is 0. The predicted octanol–water partition coefficient (Wildman–Crippen LogP) is 7.64. The van der Waals surface area contributed by atoms with Crippen LogP contribution in [0, 0.1) is 5.92 Å². The molecule has 1 aliphatic rings. The van der Waals surface area contributed by atoms with Gasteiger partial charge in [0.15, 0.2) is 0 Å². The smallest absolute Gasteiger partial charge is 0.326 e. The molecule has 40 heavy (non-hydrogen) atoms. The maximum atomic E-state index is 13.5. The molecule has 3 aromatic carbocycles. The maximum Gasteiger partial charge on any atom is 0.326 e. The van der Waals surface area contributed by atoms with Crippen molar-refractivity contribution >= 4 is 58.1 Å². The van der Waals surface area contributed by atoms with Gasteiger partial charge >= 0.3 is 12.0 Å². The second kappa shape index (κ2) is 13.5. The number of urea groups is 1. The van der Waals surface area contributed by atoms with E-state index in [1.165, 1.54) is 25.3 Å². The minimum atomic E-state index is -0.974. The van der Waals surface area contributed by atoms with Crippen molar-refractivity contribution in [3.05, 3.63) is 99.5 Å². The zero-order chi connectivity index (χ0) is 28.6. The average molecular weight is 581 g/mol. The standard InChI is InChI=1S/C31H31Cl2N3O4/c1-20(30(38)39)18-34-29(37)24-9-7-21(8-10-24)19-36(31(40)35-27-16-25(32)15-26(33)17-27)28-13-11-23(12-14-28)22-5-3-2-4-6-22/h5,7-17,20H,2-4,6,18-19H2,1H3,(H,34,37)(H,35,40)(H,38,39). The lowest BCUT2D eigenvalue weighted by Crippen LogP contribution is -2.34. The van der Waals surface area contributed by atoms with Crippen LogP contribution in [0.3, 0.4) is 0 Å². The summed E-state index contributed by atoms with van der Waals surface area (Å²) in [5.74, 6) is -2.03. The summed E-state index contributed by atoms with van der Waals surface area (Å²) in [6.45, 7) is 1.80. The number of hydrogen-bond acceptors (Lipinski definition) is 3. The Morgan fingerprint density at radius 3 is 2.23 bits per heavy atom. The molecule has 1 aliphatic carbocycles. The molecule has 0 bridgehead atoms. The van der Waals surface area contributed by atoms with E-state index in [0.29, 0.717) is 27.0 Å². The second-order valence-corrected chi connectivity index (χ2v) is 10.7. The topological polar surface area (TPSA) is 98.7 Å². The van der Waals surface area contributed by atoms with E-state index >= 15 is 0 Å². The van der Waals surface area contributed by atoms with Gasteiger partial charge in [0.05, 0.1) is 12.5 Å². The van der Waals surface area contributed by atoms with Gasteiger partial charge in [0.2, 0.25) is 0 Å². The minimum absolute atomic E-state index is 0.0320. The molecular weight excluding hydrogens is 549 g/mol. The third-order valence-electron chi connectivity index (χ3n) is 6.75. The second-order valence-electron chi connectivity index (χ2n) is 9.84. The molecule has 0 aliphatic heterocycles. The first-order valence-electron chi connectivity index (χ1n) is 13.1. The monoisotopic (exact) mass is 579 g/mol. The summed E-state index contributed by atoms with van der Waals surface area (Å²) in [5.41, 5.74) is 4.85. The van der Waals surface area contributed by atoms with Crippen LogP contribution in [0.2, 0.25) is 10.0 Å². The normalized spacial score (nSPS) is 13.6. The number of allylic oxidation sites excluding steroid dienone is 2. The lowest BCUT2D eigenvalue weighted by molar-refractivity contribution is -0.140. The highest BCUT2D eigenvalue weighted by Crippen LogP contribution is 2.29. The van der Waals surface area contributed by atoms with Crippen molar-refractivity contribution in [3.8, 4) is 0 Å². The summed E-state index contributed by atoms with van der Waals surface area (Å²) in [6.07, 6.45) is 6.81.